The van der Waals surface area contributed by atoms with Gasteiger partial charge in [-0.1, -0.05) is 255 Å². The molecule has 14 aromatic carbocycles. The summed E-state index contributed by atoms with van der Waals surface area (Å²) in [7, 11) is 0. The Morgan fingerprint density at radius 1 is 0.143 bits per heavy atom. The molecule has 0 heteroatoms. The summed E-state index contributed by atoms with van der Waals surface area (Å²) >= 11 is 0. The minimum absolute atomic E-state index is 1.20. The highest BCUT2D eigenvalue weighted by atomic mass is 14.2. The summed E-state index contributed by atoms with van der Waals surface area (Å²) in [4.78, 5) is 0. The van der Waals surface area contributed by atoms with Crippen LogP contribution >= 0.6 is 0 Å². The van der Waals surface area contributed by atoms with Gasteiger partial charge in [0, 0.05) is 0 Å². The first-order valence-corrected chi connectivity index (χ1v) is 24.3. The van der Waals surface area contributed by atoms with Crippen LogP contribution in [0.25, 0.3) is 142 Å². The fraction of sp³-hybridized carbons (Fsp3) is 0. The van der Waals surface area contributed by atoms with E-state index < -0.39 is 0 Å². The van der Waals surface area contributed by atoms with Gasteiger partial charge in [0.2, 0.25) is 0 Å². The van der Waals surface area contributed by atoms with E-state index in [1.807, 2.05) is 0 Å². The van der Waals surface area contributed by atoms with E-state index in [1.165, 1.54) is 142 Å². The molecule has 0 N–H and O–H groups in total. The molecule has 0 atom stereocenters. The molecule has 0 nitrogen and oxygen atoms in total. The first-order valence-electron chi connectivity index (χ1n) is 24.3. The van der Waals surface area contributed by atoms with Crippen molar-refractivity contribution < 1.29 is 0 Å². The van der Waals surface area contributed by atoms with Gasteiger partial charge in [0.25, 0.3) is 0 Å². The molecule has 14 rings (SSSR count). The fourth-order valence-electron chi connectivity index (χ4n) is 11.7. The molecule has 0 bridgehead atoms. The Morgan fingerprint density at radius 2 is 0.443 bits per heavy atom. The van der Waals surface area contributed by atoms with Gasteiger partial charge < -0.3 is 0 Å². The second-order valence-corrected chi connectivity index (χ2v) is 18.6. The molecule has 0 unspecified atom stereocenters. The van der Waals surface area contributed by atoms with Crippen molar-refractivity contribution in [3.8, 4) is 66.8 Å². The first kappa shape index (κ1) is 40.0. The summed E-state index contributed by atoms with van der Waals surface area (Å²) in [6, 6.07) is 98.9. The van der Waals surface area contributed by atoms with Gasteiger partial charge in [-0.05, 0) is 154 Å². The van der Waals surface area contributed by atoms with Crippen LogP contribution in [0.15, 0.2) is 267 Å². The molecule has 0 amide bonds. The largest absolute Gasteiger partial charge is 0.0622 e. The predicted molar refractivity (Wildman–Crippen MR) is 302 cm³/mol. The highest BCUT2D eigenvalue weighted by Crippen LogP contribution is 2.48. The van der Waals surface area contributed by atoms with Crippen LogP contribution in [-0.2, 0) is 0 Å². The van der Waals surface area contributed by atoms with Crippen molar-refractivity contribution >= 4 is 75.4 Å². The van der Waals surface area contributed by atoms with Gasteiger partial charge in [-0.3, -0.25) is 0 Å². The van der Waals surface area contributed by atoms with E-state index in [0.717, 1.165) is 0 Å². The van der Waals surface area contributed by atoms with E-state index in [4.69, 9.17) is 0 Å². The lowest BCUT2D eigenvalue weighted by Gasteiger charge is -2.20. The molecule has 0 spiro atoms. The van der Waals surface area contributed by atoms with Crippen molar-refractivity contribution in [3.63, 3.8) is 0 Å². The fourth-order valence-corrected chi connectivity index (χ4v) is 11.7. The number of rotatable bonds is 6. The maximum absolute atomic E-state index is 2.42. The Labute approximate surface area is 407 Å². The normalized spacial score (nSPS) is 11.7. The van der Waals surface area contributed by atoms with Crippen LogP contribution in [0.5, 0.6) is 0 Å². The van der Waals surface area contributed by atoms with E-state index in [1.54, 1.807) is 0 Å². The van der Waals surface area contributed by atoms with Crippen molar-refractivity contribution in [2.45, 2.75) is 0 Å². The number of fused-ring (bicyclic) bond motifs is 7. The van der Waals surface area contributed by atoms with Gasteiger partial charge in [0.1, 0.15) is 0 Å². The van der Waals surface area contributed by atoms with Gasteiger partial charge in [-0.2, -0.15) is 0 Å². The van der Waals surface area contributed by atoms with Crippen LogP contribution in [0.3, 0.4) is 0 Å². The highest BCUT2D eigenvalue weighted by molar-refractivity contribution is 6.26. The van der Waals surface area contributed by atoms with Crippen LogP contribution in [0.2, 0.25) is 0 Å². The number of benzene rings is 14. The summed E-state index contributed by atoms with van der Waals surface area (Å²) in [5, 5.41) is 17.6. The smallest absolute Gasteiger partial charge is 0.00201 e. The minimum Gasteiger partial charge on any atom is -0.0622 e. The van der Waals surface area contributed by atoms with E-state index in [9.17, 15) is 0 Å². The van der Waals surface area contributed by atoms with E-state index in [-0.39, 0.29) is 0 Å². The van der Waals surface area contributed by atoms with Gasteiger partial charge in [-0.15, -0.1) is 0 Å². The summed E-state index contributed by atoms with van der Waals surface area (Å²) in [6.07, 6.45) is 0. The Kier molecular flexibility index (Phi) is 9.32. The maximum Gasteiger partial charge on any atom is -0.00201 e. The molecule has 0 radical (unpaired) electrons. The van der Waals surface area contributed by atoms with Crippen LogP contribution in [0.4, 0.5) is 0 Å². The topological polar surface area (TPSA) is 0 Å². The first-order chi connectivity index (χ1) is 34.7. The zero-order valence-electron chi connectivity index (χ0n) is 38.4. The third-order valence-electron chi connectivity index (χ3n) is 14.8. The van der Waals surface area contributed by atoms with Crippen molar-refractivity contribution in [1.82, 2.24) is 0 Å². The molecule has 0 aromatic heterocycles. The molecule has 0 aliphatic rings. The van der Waals surface area contributed by atoms with E-state index >= 15 is 0 Å². The Hall–Kier alpha value is -9.10. The van der Waals surface area contributed by atoms with Crippen LogP contribution in [0.1, 0.15) is 0 Å². The molecule has 0 aliphatic heterocycles. The van der Waals surface area contributed by atoms with Gasteiger partial charge in [0.15, 0.2) is 0 Å². The SMILES string of the molecule is c1ccc(-c2c3ccccc3c(-c3ccc(-c4cccc5ccc(-c6ccc7cccc(-c8c9ccccc9c(-c9cccc%10ccccc9%10)c9ccccc89)c7c6)cc45)cc3)c3ccccc23)cc1. The lowest BCUT2D eigenvalue weighted by Crippen LogP contribution is -1.92. The molecule has 70 heavy (non-hydrogen) atoms. The third kappa shape index (κ3) is 6.38. The molecular formula is C70H44. The number of hydrogen-bond donors (Lipinski definition) is 0. The zero-order chi connectivity index (χ0) is 46.1. The molecule has 0 aliphatic carbocycles. The van der Waals surface area contributed by atoms with Crippen molar-refractivity contribution in [3.05, 3.63) is 267 Å². The molecule has 0 heterocycles. The van der Waals surface area contributed by atoms with Gasteiger partial charge >= 0.3 is 0 Å². The minimum atomic E-state index is 1.20. The number of hydrogen-bond acceptors (Lipinski definition) is 0. The van der Waals surface area contributed by atoms with Crippen LogP contribution in [0, 0.1) is 0 Å². The summed E-state index contributed by atoms with van der Waals surface area (Å²) in [6.45, 7) is 0. The van der Waals surface area contributed by atoms with Crippen LogP contribution in [-0.4, -0.2) is 0 Å². The molecule has 14 aromatic rings. The summed E-state index contributed by atoms with van der Waals surface area (Å²) in [5.41, 5.74) is 14.9. The second kappa shape index (κ2) is 16.3. The third-order valence-corrected chi connectivity index (χ3v) is 14.8. The molecule has 0 saturated carbocycles. The lowest BCUT2D eigenvalue weighted by molar-refractivity contribution is 1.62. The van der Waals surface area contributed by atoms with Crippen molar-refractivity contribution in [1.29, 1.82) is 0 Å². The monoisotopic (exact) mass is 884 g/mol. The molecule has 324 valence electrons. The quantitative estimate of drug-likeness (QED) is 0.146. The van der Waals surface area contributed by atoms with Gasteiger partial charge in [-0.25, -0.2) is 0 Å². The van der Waals surface area contributed by atoms with Crippen molar-refractivity contribution in [2.24, 2.45) is 0 Å². The summed E-state index contributed by atoms with van der Waals surface area (Å²) < 4.78 is 0. The lowest BCUT2D eigenvalue weighted by atomic mass is 9.83. The maximum atomic E-state index is 2.42. The summed E-state index contributed by atoms with van der Waals surface area (Å²) in [5.74, 6) is 0. The standard InChI is InChI=1S/C70H44/c1-2-18-49(19-3-1)67-56-24-6-8-26-58(56)68(59-27-9-7-25-57(59)67)50-39-35-48(36-40-50)54-32-14-21-46-37-41-51(43-65(46)54)52-42-38-47-22-16-34-64(66(47)44-52)70-62-30-12-10-28-60(62)69(61-29-11-13-31-63(61)70)55-33-15-20-45-17-4-5-23-53(45)55/h1-44H. The van der Waals surface area contributed by atoms with Crippen LogP contribution < -0.4 is 0 Å². The van der Waals surface area contributed by atoms with E-state index in [2.05, 4.69) is 267 Å². The zero-order valence-corrected chi connectivity index (χ0v) is 38.4. The highest BCUT2D eigenvalue weighted by Gasteiger charge is 2.20. The Morgan fingerprint density at radius 3 is 0.914 bits per heavy atom. The predicted octanol–water partition coefficient (Wildman–Crippen LogP) is 19.8. The average molecular weight is 885 g/mol. The Bertz CT molecular complexity index is 4270. The van der Waals surface area contributed by atoms with Gasteiger partial charge in [0.05, 0.1) is 0 Å². The second-order valence-electron chi connectivity index (χ2n) is 18.6. The van der Waals surface area contributed by atoms with E-state index in [0.29, 0.717) is 0 Å². The molecule has 0 saturated heterocycles. The molecular weight excluding hydrogens is 841 g/mol. The Balaban J connectivity index is 0.894. The van der Waals surface area contributed by atoms with Crippen molar-refractivity contribution in [2.75, 3.05) is 0 Å². The average Bonchev–Trinajstić information content (AvgIpc) is 3.43. The molecule has 0 fully saturated rings.